The second-order valence-electron chi connectivity index (χ2n) is 1.05. The van der Waals surface area contributed by atoms with Gasteiger partial charge in [0.1, 0.15) is 0 Å². The van der Waals surface area contributed by atoms with Crippen LogP contribution < -0.4 is 16.9 Å². The van der Waals surface area contributed by atoms with Crippen LogP contribution in [0.15, 0.2) is 16.8 Å². The number of hydrogen-bond donors (Lipinski definition) is 4. The van der Waals surface area contributed by atoms with Crippen molar-refractivity contribution in [2.24, 2.45) is 16.6 Å². The molecule has 13 heavy (non-hydrogen) atoms. The van der Waals surface area contributed by atoms with Gasteiger partial charge in [0.25, 0.3) is 0 Å². The molecule has 0 bridgehead atoms. The van der Waals surface area contributed by atoms with E-state index in [4.69, 9.17) is 16.7 Å². The summed E-state index contributed by atoms with van der Waals surface area (Å²) in [5.74, 6) is -0.812. The van der Waals surface area contributed by atoms with Gasteiger partial charge in [0.15, 0.2) is 5.82 Å². The number of nitrogens with two attached hydrogens (primary N) is 2. The van der Waals surface area contributed by atoms with Gasteiger partial charge in [0, 0.05) is 0 Å². The predicted molar refractivity (Wildman–Crippen MR) is 39.2 cm³/mol. The molecule has 6 N–H and O–H groups in total. The average molecular weight is 353 g/mol. The summed E-state index contributed by atoms with van der Waals surface area (Å²) in [7, 11) is 13.0. The Morgan fingerprint density at radius 2 is 1.85 bits per heavy atom. The number of nitrogens with zero attached hydrogens (tertiary/aromatic N) is 1. The molecule has 0 aromatic carbocycles. The molecule has 0 fully saturated rings. The van der Waals surface area contributed by atoms with Crippen LogP contribution in [0.2, 0.25) is 0 Å². The van der Waals surface area contributed by atoms with Crippen molar-refractivity contribution in [3.05, 3.63) is 16.5 Å². The van der Waals surface area contributed by atoms with Gasteiger partial charge in [-0.1, -0.05) is 0 Å². The molecule has 0 unspecified atom stereocenters. The van der Waals surface area contributed by atoms with Crippen molar-refractivity contribution >= 4 is 20.2 Å². The van der Waals surface area contributed by atoms with Crippen LogP contribution in [0.3, 0.4) is 0 Å². The fraction of sp³-hybridized carbons (Fsp3) is 0. The second-order valence-corrected chi connectivity index (χ2v) is 2.60. The van der Waals surface area contributed by atoms with Crippen LogP contribution in [-0.4, -0.2) is 5.21 Å². The topological polar surface area (TPSA) is 114 Å². The molecular formula is C2H7Cl3Cu2N4O2+. The number of hydroxylamine groups is 1. The third-order valence-corrected chi connectivity index (χ3v) is 0.495. The molecule has 0 aliphatic heterocycles. The molecule has 0 atom stereocenters. The minimum absolute atomic E-state index is 0.347. The van der Waals surface area contributed by atoms with Crippen molar-refractivity contribution in [2.45, 2.75) is 0 Å². The Hall–Kier alpha value is 0.609. The summed E-state index contributed by atoms with van der Waals surface area (Å²) < 4.78 is 0. The zero-order chi connectivity index (χ0) is 11.3. The third-order valence-electron chi connectivity index (χ3n) is 0.495. The third kappa shape index (κ3) is 19.1. The SMILES string of the molecule is N/C(N=O)=C(\N)NO.[ClH+][Cu].[Cl][Cu][Cl]. The normalized spacial score (nSPS) is 9.69. The van der Waals surface area contributed by atoms with Crippen LogP contribution in [0.5, 0.6) is 0 Å². The van der Waals surface area contributed by atoms with E-state index in [0.29, 0.717) is 0 Å². The molecule has 0 amide bonds. The van der Waals surface area contributed by atoms with Crippen LogP contribution in [-0.2, 0) is 28.2 Å². The molecule has 0 heterocycles. The minimum atomic E-state index is -0.465. The summed E-state index contributed by atoms with van der Waals surface area (Å²) in [6, 6.07) is 0. The molecule has 0 radical (unpaired) electrons. The van der Waals surface area contributed by atoms with Crippen molar-refractivity contribution < 1.29 is 43.5 Å². The maximum absolute atomic E-state index is 9.44. The molecule has 0 aromatic rings. The van der Waals surface area contributed by atoms with Gasteiger partial charge < -0.3 is 11.5 Å². The Bertz CT molecular complexity index is 147. The van der Waals surface area contributed by atoms with E-state index in [0.717, 1.165) is 13.1 Å². The van der Waals surface area contributed by atoms with E-state index in [-0.39, 0.29) is 5.82 Å². The number of nitrogens with one attached hydrogen (secondary N) is 1. The monoisotopic (exact) mass is 350 g/mol. The Labute approximate surface area is 102 Å². The van der Waals surface area contributed by atoms with E-state index in [1.807, 2.05) is 0 Å². The zero-order valence-electron chi connectivity index (χ0n) is 5.72. The average Bonchev–Trinajstić information content (AvgIpc) is 2.19. The van der Waals surface area contributed by atoms with Gasteiger partial charge in [-0.15, -0.1) is 4.91 Å². The molecule has 0 saturated heterocycles. The van der Waals surface area contributed by atoms with Crippen molar-refractivity contribution in [1.82, 2.24) is 5.48 Å². The molecule has 89 valence electrons. The van der Waals surface area contributed by atoms with Gasteiger partial charge in [0.2, 0.25) is 5.82 Å². The van der Waals surface area contributed by atoms with Gasteiger partial charge in [-0.2, -0.15) is 0 Å². The predicted octanol–water partition coefficient (Wildman–Crippen LogP) is -0.118. The number of halogens is 3. The van der Waals surface area contributed by atoms with Crippen LogP contribution in [0.25, 0.3) is 0 Å². The Morgan fingerprint density at radius 1 is 1.54 bits per heavy atom. The summed E-state index contributed by atoms with van der Waals surface area (Å²) in [5.41, 5.74) is 11.1. The maximum atomic E-state index is 9.44. The summed E-state index contributed by atoms with van der Waals surface area (Å²) >= 11 is 4.53. The zero-order valence-corrected chi connectivity index (χ0v) is 9.94. The van der Waals surface area contributed by atoms with E-state index in [2.05, 4.69) is 50.6 Å². The second kappa shape index (κ2) is 18.4. The first-order valence-corrected chi connectivity index (χ1v) is 6.05. The first kappa shape index (κ1) is 19.2. The standard InChI is InChI=1S/C2H6N4O2.3ClH.2Cu/c3-1(5-7)2(4)6-8;;;;;/h5,7H,3-4H2;3*1H;;/q;;;;+1;+2/p-2/b2-1-;;;;;. The first-order chi connectivity index (χ1) is 6.13. The summed E-state index contributed by atoms with van der Waals surface area (Å²) in [6.45, 7) is 0. The molecule has 0 aliphatic carbocycles. The van der Waals surface area contributed by atoms with E-state index in [1.54, 1.807) is 0 Å². The first-order valence-electron chi connectivity index (χ1n) is 2.06. The molecule has 11 heteroatoms. The summed E-state index contributed by atoms with van der Waals surface area (Å²) in [4.78, 5) is 9.44. The molecule has 0 saturated carbocycles. The van der Waals surface area contributed by atoms with Crippen molar-refractivity contribution in [2.75, 3.05) is 0 Å². The van der Waals surface area contributed by atoms with Crippen LogP contribution >= 0.6 is 20.2 Å². The molecular weight excluding hydrogens is 345 g/mol. The summed E-state index contributed by atoms with van der Waals surface area (Å²) in [5, 5.41) is 10.1. The number of hydrogen-bond acceptors (Lipinski definition) is 6. The fourth-order valence-corrected chi connectivity index (χ4v) is 0.106. The van der Waals surface area contributed by atoms with E-state index < -0.39 is 5.82 Å². The van der Waals surface area contributed by atoms with Gasteiger partial charge in [0.05, 0.1) is 0 Å². The molecule has 0 aromatic heterocycles. The fourth-order valence-electron chi connectivity index (χ4n) is 0.106. The molecule has 0 aliphatic rings. The van der Waals surface area contributed by atoms with Gasteiger partial charge in [-0.25, -0.2) is 0 Å². The van der Waals surface area contributed by atoms with E-state index in [1.165, 1.54) is 5.48 Å². The summed E-state index contributed by atoms with van der Waals surface area (Å²) in [6.07, 6.45) is 0. The van der Waals surface area contributed by atoms with Crippen molar-refractivity contribution in [1.29, 1.82) is 0 Å². The Kier molecular flexibility index (Phi) is 27.2. The number of nitroso groups, excluding NO2 is 1. The molecule has 6 nitrogen and oxygen atoms in total. The van der Waals surface area contributed by atoms with Gasteiger partial charge >= 0.3 is 58.5 Å². The molecule has 0 rings (SSSR count). The van der Waals surface area contributed by atoms with Gasteiger partial charge in [-0.3, -0.25) is 10.7 Å². The molecule has 0 spiro atoms. The van der Waals surface area contributed by atoms with Crippen LogP contribution in [0, 0.1) is 15.0 Å². The van der Waals surface area contributed by atoms with E-state index in [9.17, 15) is 4.91 Å². The van der Waals surface area contributed by atoms with Gasteiger partial charge in [-0.05, 0) is 5.18 Å². The van der Waals surface area contributed by atoms with Crippen molar-refractivity contribution in [3.8, 4) is 0 Å². The Balaban J connectivity index is -0.000000169. The van der Waals surface area contributed by atoms with Crippen molar-refractivity contribution in [3.63, 3.8) is 0 Å². The van der Waals surface area contributed by atoms with E-state index >= 15 is 0 Å². The van der Waals surface area contributed by atoms with Crippen LogP contribution in [0.1, 0.15) is 0 Å². The Morgan fingerprint density at radius 3 is 1.92 bits per heavy atom. The van der Waals surface area contributed by atoms with Crippen LogP contribution in [0.4, 0.5) is 0 Å². The quantitative estimate of drug-likeness (QED) is 0.314. The number of rotatable bonds is 2.